The highest BCUT2D eigenvalue weighted by molar-refractivity contribution is 7.89. The molecule has 0 aliphatic rings. The molecule has 0 fully saturated rings. The molecule has 5 nitrogen and oxygen atoms in total. The number of aliphatic carboxylic acids is 1. The third-order valence-corrected chi connectivity index (χ3v) is 4.71. The Labute approximate surface area is 124 Å². The maximum absolute atomic E-state index is 12.8. The number of halogens is 1. The predicted molar refractivity (Wildman–Crippen MR) is 76.9 cm³/mol. The molecule has 21 heavy (non-hydrogen) atoms. The van der Waals surface area contributed by atoms with Crippen LogP contribution in [0, 0.1) is 11.2 Å². The first-order valence-electron chi connectivity index (χ1n) is 6.59. The zero-order valence-electron chi connectivity index (χ0n) is 12.1. The summed E-state index contributed by atoms with van der Waals surface area (Å²) in [6.45, 7) is 3.98. The van der Waals surface area contributed by atoms with E-state index in [1.54, 1.807) is 0 Å². The molecule has 0 unspecified atom stereocenters. The first-order chi connectivity index (χ1) is 9.62. The van der Waals surface area contributed by atoms with Crippen molar-refractivity contribution >= 4 is 16.0 Å². The van der Waals surface area contributed by atoms with E-state index in [9.17, 15) is 17.6 Å². The van der Waals surface area contributed by atoms with Crippen LogP contribution < -0.4 is 4.72 Å². The number of benzene rings is 1. The molecule has 0 radical (unpaired) electrons. The lowest BCUT2D eigenvalue weighted by Gasteiger charge is -2.23. The Morgan fingerprint density at radius 3 is 2.33 bits per heavy atom. The minimum absolute atomic E-state index is 0.00671. The van der Waals surface area contributed by atoms with Crippen molar-refractivity contribution in [3.8, 4) is 0 Å². The van der Waals surface area contributed by atoms with E-state index in [0.29, 0.717) is 12.8 Å². The summed E-state index contributed by atoms with van der Waals surface area (Å²) in [6.07, 6.45) is 1.04. The van der Waals surface area contributed by atoms with Gasteiger partial charge in [-0.25, -0.2) is 17.5 Å². The van der Waals surface area contributed by atoms with Crippen LogP contribution in [0.2, 0.25) is 0 Å². The third-order valence-electron chi connectivity index (χ3n) is 3.23. The van der Waals surface area contributed by atoms with Crippen molar-refractivity contribution in [2.45, 2.75) is 38.0 Å². The predicted octanol–water partition coefficient (Wildman–Crippen LogP) is 2.39. The van der Waals surface area contributed by atoms with Gasteiger partial charge in [-0.1, -0.05) is 13.8 Å². The number of carbonyl (C=O) groups is 1. The van der Waals surface area contributed by atoms with E-state index >= 15 is 0 Å². The summed E-state index contributed by atoms with van der Waals surface area (Å²) in [5.41, 5.74) is -0.274. The van der Waals surface area contributed by atoms with Gasteiger partial charge in [-0.15, -0.1) is 0 Å². The number of hydrogen-bond donors (Lipinski definition) is 2. The van der Waals surface area contributed by atoms with Crippen LogP contribution in [0.4, 0.5) is 4.39 Å². The highest BCUT2D eigenvalue weighted by Crippen LogP contribution is 2.26. The second kappa shape index (κ2) is 7.00. The molecule has 1 aromatic rings. The number of carboxylic acid groups (broad SMARTS) is 1. The van der Waals surface area contributed by atoms with Crippen LogP contribution in [0.15, 0.2) is 29.2 Å². The SMILES string of the molecule is CC(C)(CCNS(=O)(=O)c1ccc(F)cc1)CCC(=O)O. The van der Waals surface area contributed by atoms with E-state index in [4.69, 9.17) is 5.11 Å². The normalized spacial score (nSPS) is 12.3. The van der Waals surface area contributed by atoms with Gasteiger partial charge in [-0.2, -0.15) is 0 Å². The lowest BCUT2D eigenvalue weighted by Crippen LogP contribution is -2.28. The van der Waals surface area contributed by atoms with Crippen LogP contribution >= 0.6 is 0 Å². The van der Waals surface area contributed by atoms with Gasteiger partial charge in [0.1, 0.15) is 5.82 Å². The van der Waals surface area contributed by atoms with E-state index < -0.39 is 21.8 Å². The van der Waals surface area contributed by atoms with Gasteiger partial charge >= 0.3 is 5.97 Å². The molecular weight excluding hydrogens is 297 g/mol. The zero-order chi connectivity index (χ0) is 16.1. The molecule has 0 aliphatic heterocycles. The number of sulfonamides is 1. The Morgan fingerprint density at radius 1 is 1.24 bits per heavy atom. The number of nitrogens with one attached hydrogen (secondary N) is 1. The van der Waals surface area contributed by atoms with Crippen LogP contribution in [-0.2, 0) is 14.8 Å². The van der Waals surface area contributed by atoms with Gasteiger partial charge in [0.2, 0.25) is 10.0 Å². The molecule has 0 bridgehead atoms. The van der Waals surface area contributed by atoms with Crippen LogP contribution in [0.3, 0.4) is 0 Å². The topological polar surface area (TPSA) is 83.5 Å². The van der Waals surface area contributed by atoms with E-state index in [1.807, 2.05) is 13.8 Å². The summed E-state index contributed by atoms with van der Waals surface area (Å²) >= 11 is 0. The molecule has 0 atom stereocenters. The Balaban J connectivity index is 2.54. The summed E-state index contributed by atoms with van der Waals surface area (Å²) in [4.78, 5) is 10.6. The Hall–Kier alpha value is -1.47. The van der Waals surface area contributed by atoms with Gasteiger partial charge in [0.05, 0.1) is 4.90 Å². The molecule has 1 rings (SSSR count). The number of rotatable bonds is 8. The van der Waals surface area contributed by atoms with Gasteiger partial charge in [-0.3, -0.25) is 4.79 Å². The van der Waals surface area contributed by atoms with Gasteiger partial charge in [0.25, 0.3) is 0 Å². The number of hydrogen-bond acceptors (Lipinski definition) is 3. The molecule has 2 N–H and O–H groups in total. The average molecular weight is 317 g/mol. The third kappa shape index (κ3) is 6.22. The smallest absolute Gasteiger partial charge is 0.303 e. The largest absolute Gasteiger partial charge is 0.481 e. The van der Waals surface area contributed by atoms with Crippen molar-refractivity contribution in [2.75, 3.05) is 6.54 Å². The Morgan fingerprint density at radius 2 is 1.81 bits per heavy atom. The van der Waals surface area contributed by atoms with Crippen LogP contribution in [0.5, 0.6) is 0 Å². The second-order valence-corrected chi connectivity index (χ2v) is 7.43. The lowest BCUT2D eigenvalue weighted by molar-refractivity contribution is -0.137. The summed E-state index contributed by atoms with van der Waals surface area (Å²) in [5, 5.41) is 8.66. The fourth-order valence-corrected chi connectivity index (χ4v) is 2.82. The fraction of sp³-hybridized carbons (Fsp3) is 0.500. The van der Waals surface area contributed by atoms with Crippen molar-refractivity contribution < 1.29 is 22.7 Å². The second-order valence-electron chi connectivity index (χ2n) is 5.66. The monoisotopic (exact) mass is 317 g/mol. The molecule has 0 spiro atoms. The average Bonchev–Trinajstić information content (AvgIpc) is 2.36. The molecule has 7 heteroatoms. The highest BCUT2D eigenvalue weighted by atomic mass is 32.2. The Kier molecular flexibility index (Phi) is 5.86. The molecule has 0 amide bonds. The summed E-state index contributed by atoms with van der Waals surface area (Å²) in [7, 11) is -3.66. The van der Waals surface area contributed by atoms with Crippen LogP contribution in [-0.4, -0.2) is 26.0 Å². The van der Waals surface area contributed by atoms with Crippen LogP contribution in [0.25, 0.3) is 0 Å². The Bertz CT molecular complexity index is 581. The minimum Gasteiger partial charge on any atom is -0.481 e. The first-order valence-corrected chi connectivity index (χ1v) is 8.08. The molecule has 118 valence electrons. The maximum Gasteiger partial charge on any atom is 0.303 e. The summed E-state index contributed by atoms with van der Waals surface area (Å²) in [6, 6.07) is 4.58. The maximum atomic E-state index is 12.8. The van der Waals surface area contributed by atoms with Gasteiger partial charge in [0.15, 0.2) is 0 Å². The molecule has 1 aromatic carbocycles. The molecule has 0 heterocycles. The minimum atomic E-state index is -3.66. The molecule has 0 aliphatic carbocycles. The fourth-order valence-electron chi connectivity index (χ4n) is 1.79. The molecule has 0 saturated carbocycles. The van der Waals surface area contributed by atoms with Gasteiger partial charge < -0.3 is 5.11 Å². The highest BCUT2D eigenvalue weighted by Gasteiger charge is 2.21. The van der Waals surface area contributed by atoms with Crippen LogP contribution in [0.1, 0.15) is 33.1 Å². The first kappa shape index (κ1) is 17.6. The lowest BCUT2D eigenvalue weighted by atomic mass is 9.84. The standard InChI is InChI=1S/C14H20FNO4S/c1-14(2,8-7-13(17)18)9-10-16-21(19,20)12-5-3-11(15)4-6-12/h3-6,16H,7-10H2,1-2H3,(H,17,18). The van der Waals surface area contributed by atoms with E-state index in [0.717, 1.165) is 12.1 Å². The molecule has 0 saturated heterocycles. The quantitative estimate of drug-likeness (QED) is 0.771. The van der Waals surface area contributed by atoms with Crippen molar-refractivity contribution in [3.63, 3.8) is 0 Å². The molecule has 0 aromatic heterocycles. The zero-order valence-corrected chi connectivity index (χ0v) is 12.9. The van der Waals surface area contributed by atoms with Gasteiger partial charge in [-0.05, 0) is 42.5 Å². The summed E-state index contributed by atoms with van der Waals surface area (Å²) < 4.78 is 39.1. The van der Waals surface area contributed by atoms with Crippen molar-refractivity contribution in [1.82, 2.24) is 4.72 Å². The number of carboxylic acids is 1. The van der Waals surface area contributed by atoms with Crippen molar-refractivity contribution in [1.29, 1.82) is 0 Å². The van der Waals surface area contributed by atoms with E-state index in [2.05, 4.69) is 4.72 Å². The van der Waals surface area contributed by atoms with Crippen molar-refractivity contribution in [3.05, 3.63) is 30.1 Å². The van der Waals surface area contributed by atoms with E-state index in [-0.39, 0.29) is 23.3 Å². The summed E-state index contributed by atoms with van der Waals surface area (Å²) in [5.74, 6) is -1.36. The molecular formula is C14H20FNO4S. The van der Waals surface area contributed by atoms with E-state index in [1.165, 1.54) is 12.1 Å². The van der Waals surface area contributed by atoms with Gasteiger partial charge in [0, 0.05) is 13.0 Å². The van der Waals surface area contributed by atoms with Crippen molar-refractivity contribution in [2.24, 2.45) is 5.41 Å².